The Morgan fingerprint density at radius 2 is 1.87 bits per heavy atom. The Balaban J connectivity index is 0.00000136. The van der Waals surface area contributed by atoms with Crippen molar-refractivity contribution in [1.82, 2.24) is 4.98 Å². The van der Waals surface area contributed by atoms with Crippen LogP contribution >= 0.6 is 0 Å². The topological polar surface area (TPSA) is 67.3 Å². The van der Waals surface area contributed by atoms with E-state index in [1.165, 1.54) is 29.6 Å². The fourth-order valence-corrected chi connectivity index (χ4v) is 8.22. The monoisotopic (exact) mass is 437 g/mol. The molecule has 6 atom stereocenters. The number of allylic oxidation sites excluding steroid dienone is 4. The van der Waals surface area contributed by atoms with Crippen LogP contribution in [0.15, 0.2) is 42.3 Å². The van der Waals surface area contributed by atoms with Crippen molar-refractivity contribution in [3.63, 3.8) is 0 Å². The summed E-state index contributed by atoms with van der Waals surface area (Å²) in [5.74, 6) is 1.91. The van der Waals surface area contributed by atoms with Gasteiger partial charge < -0.3 is 1.43 Å². The van der Waals surface area contributed by atoms with Crippen LogP contribution in [0.1, 0.15) is 65.8 Å². The van der Waals surface area contributed by atoms with Crippen LogP contribution < -0.4 is 29.6 Å². The molecule has 4 nitrogen and oxygen atoms in total. The molecular weight excluding hydrogens is 405 g/mol. The van der Waals surface area contributed by atoms with Crippen LogP contribution in [0.25, 0.3) is 5.57 Å². The summed E-state index contributed by atoms with van der Waals surface area (Å²) >= 11 is 0. The van der Waals surface area contributed by atoms with E-state index in [9.17, 15) is 13.0 Å². The van der Waals surface area contributed by atoms with Gasteiger partial charge in [0.1, 0.15) is 0 Å². The Morgan fingerprint density at radius 3 is 2.57 bits per heavy atom. The minimum atomic E-state index is -3.95. The van der Waals surface area contributed by atoms with E-state index in [4.69, 9.17) is 0 Å². The van der Waals surface area contributed by atoms with Gasteiger partial charge in [0.05, 0.1) is 5.25 Å². The SMILES string of the molecule is C[C@]12CC[C@H](S(=O)(=O)O)CC1=CC[C@@H]1[C@@H]2CC[C@]2(C)C(c3cccnc3)=CC[C@@H]12.[H-].[Na+]. The third-order valence-corrected chi connectivity index (χ3v) is 10.3. The first-order valence-electron chi connectivity index (χ1n) is 11.0. The number of aromatic nitrogens is 1. The number of nitrogens with zero attached hydrogens (tertiary/aromatic N) is 1. The van der Waals surface area contributed by atoms with Gasteiger partial charge in [0.15, 0.2) is 0 Å². The van der Waals surface area contributed by atoms with Crippen LogP contribution in [0.4, 0.5) is 0 Å². The molecule has 0 radical (unpaired) electrons. The molecule has 2 fully saturated rings. The molecule has 0 bridgehead atoms. The molecule has 5 rings (SSSR count). The molecule has 0 saturated heterocycles. The maximum absolute atomic E-state index is 11.7. The van der Waals surface area contributed by atoms with Crippen molar-refractivity contribution >= 4 is 15.7 Å². The van der Waals surface area contributed by atoms with Crippen molar-refractivity contribution in [3.8, 4) is 0 Å². The van der Waals surface area contributed by atoms with Crippen LogP contribution in [0.5, 0.6) is 0 Å². The summed E-state index contributed by atoms with van der Waals surface area (Å²) in [6.07, 6.45) is 15.2. The summed E-state index contributed by atoms with van der Waals surface area (Å²) < 4.78 is 33.0. The normalized spacial score (nSPS) is 40.2. The molecule has 6 heteroatoms. The second-order valence-corrected chi connectivity index (χ2v) is 11.9. The molecule has 1 heterocycles. The fraction of sp³-hybridized carbons (Fsp3) is 0.625. The van der Waals surface area contributed by atoms with Crippen molar-refractivity contribution < 1.29 is 44.0 Å². The standard InChI is InChI=1S/C24H31NO3S.Na.H/c1-23-11-9-18(29(26,27)28)14-17(23)5-6-19-21-8-7-20(16-4-3-13-25-15-16)24(21,2)12-10-22(19)23;;/h3-5,7,13,15,18-19,21-22H,6,8-12,14H2,1-2H3,(H,26,27,28);;/q;+1;-1/t18-,19-,21-,22-,23-,24+;;/m0../s1. The number of hydrogen-bond donors (Lipinski definition) is 1. The van der Waals surface area contributed by atoms with Gasteiger partial charge in [-0.25, -0.2) is 0 Å². The number of fused-ring (bicyclic) bond motifs is 5. The zero-order chi connectivity index (χ0) is 20.4. The molecule has 1 aromatic rings. The molecule has 1 aromatic heterocycles. The Morgan fingerprint density at radius 1 is 1.10 bits per heavy atom. The van der Waals surface area contributed by atoms with Crippen molar-refractivity contribution in [3.05, 3.63) is 47.8 Å². The third-order valence-electron chi connectivity index (χ3n) is 9.03. The van der Waals surface area contributed by atoms with Crippen molar-refractivity contribution in [2.24, 2.45) is 28.6 Å². The second kappa shape index (κ2) is 7.84. The maximum atomic E-state index is 11.7. The fourth-order valence-electron chi connectivity index (χ4n) is 7.42. The number of rotatable bonds is 2. The van der Waals surface area contributed by atoms with Crippen LogP contribution in [-0.2, 0) is 10.1 Å². The molecule has 0 spiro atoms. The van der Waals surface area contributed by atoms with Crippen molar-refractivity contribution in [2.75, 3.05) is 0 Å². The van der Waals surface area contributed by atoms with Gasteiger partial charge in [0.2, 0.25) is 0 Å². The van der Waals surface area contributed by atoms with Crippen LogP contribution in [0.3, 0.4) is 0 Å². The van der Waals surface area contributed by atoms with Gasteiger partial charge in [-0.1, -0.05) is 37.6 Å². The molecule has 30 heavy (non-hydrogen) atoms. The zero-order valence-corrected chi connectivity index (χ0v) is 21.2. The van der Waals surface area contributed by atoms with E-state index in [1.807, 2.05) is 18.5 Å². The molecule has 0 unspecified atom stereocenters. The van der Waals surface area contributed by atoms with Gasteiger partial charge in [0, 0.05) is 12.4 Å². The Hall–Kier alpha value is -0.460. The second-order valence-electron chi connectivity index (χ2n) is 10.2. The summed E-state index contributed by atoms with van der Waals surface area (Å²) in [4.78, 5) is 4.35. The molecule has 4 aliphatic carbocycles. The van der Waals surface area contributed by atoms with E-state index < -0.39 is 15.4 Å². The summed E-state index contributed by atoms with van der Waals surface area (Å²) in [5, 5.41) is -0.613. The molecule has 0 amide bonds. The third kappa shape index (κ3) is 3.40. The summed E-state index contributed by atoms with van der Waals surface area (Å²) in [6.45, 7) is 4.82. The van der Waals surface area contributed by atoms with Gasteiger partial charge in [-0.3, -0.25) is 9.54 Å². The summed E-state index contributed by atoms with van der Waals surface area (Å²) in [5.41, 5.74) is 4.32. The van der Waals surface area contributed by atoms with Crippen molar-refractivity contribution in [1.29, 1.82) is 0 Å². The van der Waals surface area contributed by atoms with E-state index in [-0.39, 0.29) is 41.8 Å². The van der Waals surface area contributed by atoms with Crippen molar-refractivity contribution in [2.45, 2.75) is 64.0 Å². The van der Waals surface area contributed by atoms with Crippen LogP contribution in [0, 0.1) is 28.6 Å². The van der Waals surface area contributed by atoms with Gasteiger partial charge >= 0.3 is 29.6 Å². The van der Waals surface area contributed by atoms with Gasteiger partial charge in [0.25, 0.3) is 10.1 Å². The zero-order valence-electron chi connectivity index (χ0n) is 19.3. The predicted octanol–water partition coefficient (Wildman–Crippen LogP) is 2.41. The Bertz CT molecular complexity index is 995. The Kier molecular flexibility index (Phi) is 5.94. The Labute approximate surface area is 204 Å². The van der Waals surface area contributed by atoms with E-state index in [1.54, 1.807) is 0 Å². The average Bonchev–Trinajstić information content (AvgIpc) is 3.04. The van der Waals surface area contributed by atoms with Gasteiger partial charge in [-0.05, 0) is 90.7 Å². The molecular formula is C24H32NNaO3S. The maximum Gasteiger partial charge on any atom is 1.00 e. The molecule has 0 aliphatic heterocycles. The minimum absolute atomic E-state index is 0. The molecule has 2 saturated carbocycles. The number of hydrogen-bond acceptors (Lipinski definition) is 3. The molecule has 0 aromatic carbocycles. The van der Waals surface area contributed by atoms with E-state index >= 15 is 0 Å². The number of pyridine rings is 1. The average molecular weight is 438 g/mol. The van der Waals surface area contributed by atoms with Gasteiger partial charge in [-0.2, -0.15) is 8.42 Å². The van der Waals surface area contributed by atoms with E-state index in [0.717, 1.165) is 19.3 Å². The summed E-state index contributed by atoms with van der Waals surface area (Å²) in [6, 6.07) is 4.22. The summed E-state index contributed by atoms with van der Waals surface area (Å²) in [7, 11) is -3.95. The first-order chi connectivity index (χ1) is 13.7. The minimum Gasteiger partial charge on any atom is -1.00 e. The van der Waals surface area contributed by atoms with E-state index in [0.29, 0.717) is 30.6 Å². The van der Waals surface area contributed by atoms with Crippen LogP contribution in [0.2, 0.25) is 0 Å². The quantitative estimate of drug-likeness (QED) is 0.438. The molecule has 1 N–H and O–H groups in total. The largest absolute Gasteiger partial charge is 1.00 e. The predicted molar refractivity (Wildman–Crippen MR) is 116 cm³/mol. The van der Waals surface area contributed by atoms with Gasteiger partial charge in [-0.15, -0.1) is 0 Å². The van der Waals surface area contributed by atoms with Crippen LogP contribution in [-0.4, -0.2) is 23.2 Å². The first kappa shape index (κ1) is 22.7. The molecule has 4 aliphatic rings. The molecule has 158 valence electrons. The smallest absolute Gasteiger partial charge is 1.00 e. The van der Waals surface area contributed by atoms with E-state index in [2.05, 4.69) is 37.0 Å². The first-order valence-corrected chi connectivity index (χ1v) is 12.5.